The third-order valence-corrected chi connectivity index (χ3v) is 4.57. The summed E-state index contributed by atoms with van der Waals surface area (Å²) in [7, 11) is 1.67. The van der Waals surface area contributed by atoms with Crippen molar-refractivity contribution in [2.24, 2.45) is 12.0 Å². The molecule has 0 aliphatic heterocycles. The van der Waals surface area contributed by atoms with Crippen molar-refractivity contribution in [3.8, 4) is 5.75 Å². The molecule has 2 N–H and O–H groups in total. The number of hydrogen-bond donors (Lipinski definition) is 2. The van der Waals surface area contributed by atoms with Crippen LogP contribution in [0.25, 0.3) is 0 Å². The van der Waals surface area contributed by atoms with Crippen molar-refractivity contribution in [2.45, 2.75) is 26.7 Å². The van der Waals surface area contributed by atoms with Crippen LogP contribution in [0.15, 0.2) is 52.4 Å². The first kappa shape index (κ1) is 22.2. The maximum atomic E-state index is 12.2. The quantitative estimate of drug-likeness (QED) is 0.478. The molecule has 29 heavy (non-hydrogen) atoms. The van der Waals surface area contributed by atoms with Crippen LogP contribution in [-0.2, 0) is 11.8 Å². The number of anilines is 1. The molecule has 0 aliphatic carbocycles. The molecule has 9 heteroatoms. The highest BCUT2D eigenvalue weighted by Crippen LogP contribution is 2.20. The summed E-state index contributed by atoms with van der Waals surface area (Å²) in [5.74, 6) is -1.35. The van der Waals surface area contributed by atoms with Crippen molar-refractivity contribution < 1.29 is 24.2 Å². The Balaban J connectivity index is 2.00. The largest absolute Gasteiger partial charge is 0.478 e. The van der Waals surface area contributed by atoms with Crippen LogP contribution in [-0.4, -0.2) is 27.3 Å². The Morgan fingerprint density at radius 2 is 1.86 bits per heavy atom. The lowest BCUT2D eigenvalue weighted by molar-refractivity contribution is -0.116. The summed E-state index contributed by atoms with van der Waals surface area (Å²) in [6, 6.07) is 6.25. The maximum absolute atomic E-state index is 12.2. The van der Waals surface area contributed by atoms with Crippen LogP contribution in [0, 0.1) is 0 Å². The molecular weight excluding hydrogens is 401 g/mol. The Morgan fingerprint density at radius 1 is 1.21 bits per heavy atom. The zero-order chi connectivity index (χ0) is 21.6. The molecule has 0 saturated heterocycles. The molecule has 7 nitrogen and oxygen atoms in total. The second-order valence-corrected chi connectivity index (χ2v) is 6.83. The topological polar surface area (TPSA) is 92.9 Å². The molecule has 1 heterocycles. The fourth-order valence-corrected chi connectivity index (χ4v) is 2.75. The minimum absolute atomic E-state index is 0.0237. The number of benzene rings is 1. The van der Waals surface area contributed by atoms with Crippen LogP contribution in [0.4, 0.5) is 10.2 Å². The van der Waals surface area contributed by atoms with Gasteiger partial charge in [0.05, 0.1) is 5.69 Å². The maximum Gasteiger partial charge on any atom is 0.339 e. The highest BCUT2D eigenvalue weighted by Gasteiger charge is 2.15. The monoisotopic (exact) mass is 421 g/mol. The number of carbonyl (C=O) groups excluding carboxylic acids is 1. The minimum Gasteiger partial charge on any atom is -0.478 e. The molecule has 0 atom stereocenters. The van der Waals surface area contributed by atoms with Gasteiger partial charge in [-0.3, -0.25) is 9.74 Å². The highest BCUT2D eigenvalue weighted by atomic mass is 35.5. The summed E-state index contributed by atoms with van der Waals surface area (Å²) in [4.78, 5) is 31.3. The second-order valence-electron chi connectivity index (χ2n) is 6.47. The number of allylic oxidation sites excluding steroid dienone is 1. The van der Waals surface area contributed by atoms with Gasteiger partial charge in [-0.05, 0) is 55.7 Å². The summed E-state index contributed by atoms with van der Waals surface area (Å²) in [6.07, 6.45) is 3.42. The van der Waals surface area contributed by atoms with Crippen LogP contribution in [0.3, 0.4) is 0 Å². The molecule has 0 saturated carbocycles. The Hall–Kier alpha value is -3.13. The van der Waals surface area contributed by atoms with Gasteiger partial charge in [-0.15, -0.1) is 0 Å². The lowest BCUT2D eigenvalue weighted by atomic mass is 10.1. The van der Waals surface area contributed by atoms with E-state index in [-0.39, 0.29) is 34.5 Å². The van der Waals surface area contributed by atoms with Crippen LogP contribution in [0.1, 0.15) is 42.6 Å². The van der Waals surface area contributed by atoms with Gasteiger partial charge in [0, 0.05) is 36.1 Å². The van der Waals surface area contributed by atoms with E-state index in [1.165, 1.54) is 24.5 Å². The number of rotatable bonds is 8. The summed E-state index contributed by atoms with van der Waals surface area (Å²) in [5.41, 5.74) is 2.35. The third kappa shape index (κ3) is 6.18. The lowest BCUT2D eigenvalue weighted by Crippen LogP contribution is -2.13. The van der Waals surface area contributed by atoms with Gasteiger partial charge in [0.15, 0.2) is 5.75 Å². The molecule has 1 aromatic carbocycles. The average molecular weight is 422 g/mol. The first-order valence-electron chi connectivity index (χ1n) is 8.70. The number of aromatic carboxylic acids is 1. The number of aryl methyl sites for hydroxylation is 1. The second kappa shape index (κ2) is 9.88. The van der Waals surface area contributed by atoms with Crippen molar-refractivity contribution >= 4 is 34.9 Å². The Morgan fingerprint density at radius 3 is 2.45 bits per heavy atom. The van der Waals surface area contributed by atoms with E-state index in [0.717, 1.165) is 5.56 Å². The SMILES string of the molecule is C/C(CCC(=O)Nc1cn(C)cc1C(=O)O)=C(Cl)\N=C(/C)c1ccc(OF)cc1. The van der Waals surface area contributed by atoms with E-state index < -0.39 is 5.97 Å². The molecule has 0 unspecified atom stereocenters. The summed E-state index contributed by atoms with van der Waals surface area (Å²) >= 11 is 6.24. The number of carboxylic acid groups (broad SMARTS) is 1. The first-order chi connectivity index (χ1) is 13.7. The Bertz CT molecular complexity index is 965. The molecule has 0 spiro atoms. The molecule has 154 valence electrons. The average Bonchev–Trinajstić information content (AvgIpc) is 3.06. The van der Waals surface area contributed by atoms with Crippen LogP contribution >= 0.6 is 11.6 Å². The normalized spacial score (nSPS) is 12.4. The van der Waals surface area contributed by atoms with Crippen LogP contribution < -0.4 is 10.3 Å². The molecule has 1 amide bonds. The molecule has 2 rings (SSSR count). The van der Waals surface area contributed by atoms with E-state index in [1.54, 1.807) is 37.6 Å². The van der Waals surface area contributed by atoms with E-state index >= 15 is 0 Å². The van der Waals surface area contributed by atoms with Gasteiger partial charge < -0.3 is 15.0 Å². The van der Waals surface area contributed by atoms with Crippen molar-refractivity contribution in [1.29, 1.82) is 0 Å². The van der Waals surface area contributed by atoms with Crippen molar-refractivity contribution in [1.82, 2.24) is 4.57 Å². The number of amides is 1. The number of nitrogens with one attached hydrogen (secondary N) is 1. The summed E-state index contributed by atoms with van der Waals surface area (Å²) < 4.78 is 13.7. The zero-order valence-electron chi connectivity index (χ0n) is 16.2. The Kier molecular flexibility index (Phi) is 7.55. The molecule has 2 aromatic rings. The van der Waals surface area contributed by atoms with E-state index in [4.69, 9.17) is 16.7 Å². The molecule has 0 bridgehead atoms. The van der Waals surface area contributed by atoms with Gasteiger partial charge in [0.25, 0.3) is 0 Å². The molecule has 0 fully saturated rings. The zero-order valence-corrected chi connectivity index (χ0v) is 17.0. The van der Waals surface area contributed by atoms with Gasteiger partial charge in [0.2, 0.25) is 5.91 Å². The summed E-state index contributed by atoms with van der Waals surface area (Å²) in [5, 5.41) is 12.0. The standard InChI is InChI=1S/C20H21ClFN3O4/c1-12(19(21)23-13(2)14-5-7-15(29-22)8-6-14)4-9-18(26)24-17-11-25(3)10-16(17)20(27)28/h5-8,10-11H,4,9H2,1-3H3,(H,24,26)(H,27,28)/b19-12+,23-13+. The number of hydrogen-bond acceptors (Lipinski definition) is 4. The number of nitrogens with zero attached hydrogens (tertiary/aromatic N) is 2. The minimum atomic E-state index is -1.11. The molecule has 0 aliphatic rings. The van der Waals surface area contributed by atoms with Crippen LogP contribution in [0.5, 0.6) is 5.75 Å². The van der Waals surface area contributed by atoms with Crippen molar-refractivity contribution in [3.63, 3.8) is 0 Å². The van der Waals surface area contributed by atoms with Crippen molar-refractivity contribution in [3.05, 3.63) is 58.5 Å². The number of aliphatic imine (C=N–C) groups is 1. The van der Waals surface area contributed by atoms with E-state index in [1.807, 2.05) is 0 Å². The van der Waals surface area contributed by atoms with Crippen molar-refractivity contribution in [2.75, 3.05) is 5.32 Å². The number of aromatic nitrogens is 1. The van der Waals surface area contributed by atoms with Gasteiger partial charge in [0.1, 0.15) is 10.7 Å². The van der Waals surface area contributed by atoms with Crippen LogP contribution in [0.2, 0.25) is 0 Å². The predicted octanol–water partition coefficient (Wildman–Crippen LogP) is 4.68. The van der Waals surface area contributed by atoms with E-state index in [9.17, 15) is 14.1 Å². The fraction of sp³-hybridized carbons (Fsp3) is 0.250. The van der Waals surface area contributed by atoms with Gasteiger partial charge in [-0.1, -0.05) is 11.6 Å². The molecular formula is C20H21ClFN3O4. The van der Waals surface area contributed by atoms with Gasteiger partial charge >= 0.3 is 5.97 Å². The lowest BCUT2D eigenvalue weighted by Gasteiger charge is -2.06. The number of halogens is 2. The molecule has 1 aromatic heterocycles. The van der Waals surface area contributed by atoms with Gasteiger partial charge in [-0.2, -0.15) is 0 Å². The Labute approximate surface area is 172 Å². The smallest absolute Gasteiger partial charge is 0.339 e. The highest BCUT2D eigenvalue weighted by molar-refractivity contribution is 6.30. The van der Waals surface area contributed by atoms with E-state index in [0.29, 0.717) is 17.7 Å². The molecule has 0 radical (unpaired) electrons. The van der Waals surface area contributed by atoms with Gasteiger partial charge in [-0.25, -0.2) is 9.79 Å². The third-order valence-electron chi connectivity index (χ3n) is 4.17. The fourth-order valence-electron chi connectivity index (χ4n) is 2.53. The first-order valence-corrected chi connectivity index (χ1v) is 9.07. The predicted molar refractivity (Wildman–Crippen MR) is 109 cm³/mol. The summed E-state index contributed by atoms with van der Waals surface area (Å²) in [6.45, 7) is 3.52. The number of carboxylic acids is 1. The van der Waals surface area contributed by atoms with E-state index in [2.05, 4.69) is 15.3 Å². The number of carbonyl (C=O) groups is 2.